The van der Waals surface area contributed by atoms with Gasteiger partial charge in [-0.25, -0.2) is 5.43 Å². The van der Waals surface area contributed by atoms with Crippen molar-refractivity contribution in [3.63, 3.8) is 0 Å². The molecule has 10 heteroatoms. The van der Waals surface area contributed by atoms with Gasteiger partial charge < -0.3 is 5.11 Å². The molecule has 0 saturated heterocycles. The molecule has 0 aromatic carbocycles. The second kappa shape index (κ2) is 5.64. The highest BCUT2D eigenvalue weighted by Crippen LogP contribution is 2.30. The van der Waals surface area contributed by atoms with E-state index in [1.165, 1.54) is 6.07 Å². The summed E-state index contributed by atoms with van der Waals surface area (Å²) >= 11 is 2.87. The molecule has 0 aliphatic carbocycles. The van der Waals surface area contributed by atoms with Crippen molar-refractivity contribution in [3.8, 4) is 6.07 Å². The van der Waals surface area contributed by atoms with E-state index in [0.717, 1.165) is 6.08 Å². The molecule has 1 aromatic rings. The minimum atomic E-state index is -4.83. The monoisotopic (exact) mass is 352 g/mol. The van der Waals surface area contributed by atoms with Crippen LogP contribution in [0.5, 0.6) is 0 Å². The second-order valence-corrected chi connectivity index (χ2v) is 4.21. The van der Waals surface area contributed by atoms with Crippen LogP contribution < -0.4 is 5.43 Å². The summed E-state index contributed by atoms with van der Waals surface area (Å²) in [5.74, 6) is -1.05. The van der Waals surface area contributed by atoms with Crippen molar-refractivity contribution in [2.24, 2.45) is 0 Å². The summed E-state index contributed by atoms with van der Waals surface area (Å²) in [5.41, 5.74) is -2.28. The zero-order chi connectivity index (χ0) is 15.6. The van der Waals surface area contributed by atoms with Gasteiger partial charge in [0.05, 0.1) is 6.20 Å². The van der Waals surface area contributed by atoms with Crippen molar-refractivity contribution in [1.29, 1.82) is 5.26 Å². The smallest absolute Gasteiger partial charge is 0.375 e. The Morgan fingerprint density at radius 2 is 2.30 bits per heavy atom. The Balaban J connectivity index is 3.07. The minimum absolute atomic E-state index is 0.214. The van der Waals surface area contributed by atoms with Crippen LogP contribution in [0.4, 0.5) is 13.2 Å². The van der Waals surface area contributed by atoms with E-state index in [-0.39, 0.29) is 5.33 Å². The molecule has 0 spiro atoms. The van der Waals surface area contributed by atoms with Crippen molar-refractivity contribution in [2.75, 3.05) is 10.8 Å². The van der Waals surface area contributed by atoms with Crippen molar-refractivity contribution in [1.82, 2.24) is 9.89 Å². The van der Waals surface area contributed by atoms with Crippen molar-refractivity contribution >= 4 is 21.8 Å². The largest absolute Gasteiger partial charge is 0.436 e. The van der Waals surface area contributed by atoms with E-state index in [0.29, 0.717) is 11.0 Å². The van der Waals surface area contributed by atoms with E-state index < -0.39 is 28.9 Å². The van der Waals surface area contributed by atoms with Gasteiger partial charge in [-0.3, -0.25) is 4.79 Å². The highest BCUT2D eigenvalue weighted by Gasteiger charge is 2.38. The Hall–Kier alpha value is -1.86. The lowest BCUT2D eigenvalue weighted by molar-refractivity contribution is -0.142. The first-order valence-corrected chi connectivity index (χ1v) is 6.10. The van der Waals surface area contributed by atoms with E-state index in [9.17, 15) is 23.1 Å². The van der Waals surface area contributed by atoms with Crippen LogP contribution in [0, 0.1) is 11.3 Å². The third-order valence-corrected chi connectivity index (χ3v) is 3.11. The molecule has 1 aromatic heterocycles. The van der Waals surface area contributed by atoms with Gasteiger partial charge in [0.1, 0.15) is 11.6 Å². The number of aromatic nitrogens is 2. The lowest BCUT2D eigenvalue weighted by Crippen LogP contribution is -2.45. The molecule has 20 heavy (non-hydrogen) atoms. The molecule has 0 bridgehead atoms. The third kappa shape index (κ3) is 3.17. The maximum atomic E-state index is 12.5. The Kier molecular flexibility index (Phi) is 4.57. The number of nitrogens with zero attached hydrogens (tertiary/aromatic N) is 3. The first kappa shape index (κ1) is 16.2. The topological polar surface area (TPSA) is 90.9 Å². The van der Waals surface area contributed by atoms with E-state index in [1.807, 2.05) is 5.43 Å². The van der Waals surface area contributed by atoms with E-state index in [2.05, 4.69) is 27.6 Å². The highest BCUT2D eigenvalue weighted by molar-refractivity contribution is 9.09. The molecule has 0 aliphatic rings. The number of halogens is 4. The minimum Gasteiger partial charge on any atom is -0.375 e. The Morgan fingerprint density at radius 3 is 2.65 bits per heavy atom. The lowest BCUT2D eigenvalue weighted by atomic mass is 10.1. The molecule has 1 amide bonds. The number of carbonyl (C=O) groups is 1. The predicted molar refractivity (Wildman–Crippen MR) is 65.3 cm³/mol. The molecular formula is C10H8BrF3N4O2. The van der Waals surface area contributed by atoms with Gasteiger partial charge in [0, 0.05) is 5.33 Å². The fraction of sp³-hybridized carbons (Fsp3) is 0.300. The number of hydrogen-bond donors (Lipinski definition) is 2. The summed E-state index contributed by atoms with van der Waals surface area (Å²) < 4.78 is 37.6. The van der Waals surface area contributed by atoms with Gasteiger partial charge in [-0.15, -0.1) is 5.10 Å². The van der Waals surface area contributed by atoms with Crippen LogP contribution in [0.3, 0.4) is 0 Å². The van der Waals surface area contributed by atoms with Crippen LogP contribution in [-0.2, 0) is 11.0 Å². The van der Waals surface area contributed by atoms with Gasteiger partial charge >= 0.3 is 6.18 Å². The summed E-state index contributed by atoms with van der Waals surface area (Å²) in [6.07, 6.45) is -3.22. The van der Waals surface area contributed by atoms with Gasteiger partial charge in [-0.2, -0.15) is 23.2 Å². The van der Waals surface area contributed by atoms with E-state index in [1.54, 1.807) is 0 Å². The second-order valence-electron chi connectivity index (χ2n) is 3.65. The molecule has 2 N–H and O–H groups in total. The number of carbonyl (C=O) groups excluding carboxylic acids is 1. The number of nitrogens with one attached hydrogen (secondary N) is 1. The standard InChI is InChI=1S/C10H8BrF3N4O2/c1-2-9(20,5-11)8(19)17-18-4-6(3-15)7(16-18)10(12,13)14/h2,4,20H,1,5H2,(H,17,19). The fourth-order valence-corrected chi connectivity index (χ4v) is 1.61. The Labute approximate surface area is 119 Å². The zero-order valence-electron chi connectivity index (χ0n) is 9.78. The van der Waals surface area contributed by atoms with Crippen LogP contribution in [-0.4, -0.2) is 31.8 Å². The number of amides is 1. The normalized spacial score (nSPS) is 14.2. The third-order valence-electron chi connectivity index (χ3n) is 2.25. The predicted octanol–water partition coefficient (Wildman–Crippen LogP) is 1.16. The molecule has 1 atom stereocenters. The zero-order valence-corrected chi connectivity index (χ0v) is 11.4. The maximum absolute atomic E-state index is 12.5. The molecule has 1 rings (SSSR count). The van der Waals surface area contributed by atoms with Crippen LogP contribution >= 0.6 is 15.9 Å². The van der Waals surface area contributed by atoms with Gasteiger partial charge in [-0.05, 0) is 6.08 Å². The van der Waals surface area contributed by atoms with Crippen LogP contribution in [0.2, 0.25) is 0 Å². The summed E-state index contributed by atoms with van der Waals surface area (Å²) in [4.78, 5) is 12.1. The molecule has 0 saturated carbocycles. The van der Waals surface area contributed by atoms with Crippen LogP contribution in [0.1, 0.15) is 11.3 Å². The molecule has 1 heterocycles. The van der Waals surface area contributed by atoms with Gasteiger partial charge in [-0.1, -0.05) is 22.5 Å². The first-order chi connectivity index (χ1) is 9.17. The summed E-state index contributed by atoms with van der Waals surface area (Å²) in [6.45, 7) is 3.24. The fourth-order valence-electron chi connectivity index (χ4n) is 1.13. The molecular weight excluding hydrogens is 345 g/mol. The van der Waals surface area contributed by atoms with Crippen LogP contribution in [0.25, 0.3) is 0 Å². The van der Waals surface area contributed by atoms with Gasteiger partial charge in [0.25, 0.3) is 5.91 Å². The molecule has 0 radical (unpaired) electrons. The lowest BCUT2D eigenvalue weighted by Gasteiger charge is -2.20. The van der Waals surface area contributed by atoms with E-state index >= 15 is 0 Å². The van der Waals surface area contributed by atoms with E-state index in [4.69, 9.17) is 5.26 Å². The molecule has 0 aliphatic heterocycles. The summed E-state index contributed by atoms with van der Waals surface area (Å²) in [6, 6.07) is 1.32. The Bertz CT molecular complexity index is 578. The quantitative estimate of drug-likeness (QED) is 0.628. The number of rotatable bonds is 4. The SMILES string of the molecule is C=CC(O)(CBr)C(=O)Nn1cc(C#N)c(C(F)(F)F)n1. The van der Waals surface area contributed by atoms with Crippen molar-refractivity contribution in [2.45, 2.75) is 11.8 Å². The first-order valence-electron chi connectivity index (χ1n) is 4.98. The highest BCUT2D eigenvalue weighted by atomic mass is 79.9. The maximum Gasteiger partial charge on any atom is 0.436 e. The number of alkyl halides is 4. The van der Waals surface area contributed by atoms with Crippen molar-refractivity contribution < 1.29 is 23.1 Å². The Morgan fingerprint density at radius 1 is 1.70 bits per heavy atom. The van der Waals surface area contributed by atoms with Crippen molar-refractivity contribution in [3.05, 3.63) is 30.1 Å². The average Bonchev–Trinajstić information content (AvgIpc) is 2.80. The van der Waals surface area contributed by atoms with Crippen LogP contribution in [0.15, 0.2) is 18.9 Å². The number of nitriles is 1. The van der Waals surface area contributed by atoms with Gasteiger partial charge in [0.15, 0.2) is 11.3 Å². The summed E-state index contributed by atoms with van der Waals surface area (Å²) in [7, 11) is 0. The molecule has 0 fully saturated rings. The average molecular weight is 353 g/mol. The number of hydrogen-bond acceptors (Lipinski definition) is 4. The number of aliphatic hydroxyl groups is 1. The van der Waals surface area contributed by atoms with Gasteiger partial charge in [0.2, 0.25) is 0 Å². The molecule has 6 nitrogen and oxygen atoms in total. The molecule has 1 unspecified atom stereocenters. The summed E-state index contributed by atoms with van der Waals surface area (Å²) in [5, 5.41) is 21.2. The molecule has 108 valence electrons.